The van der Waals surface area contributed by atoms with Crippen LogP contribution in [0.2, 0.25) is 0 Å². The first-order valence-corrected chi connectivity index (χ1v) is 7.02. The van der Waals surface area contributed by atoms with Crippen molar-refractivity contribution >= 4 is 0 Å². The Balaban J connectivity index is 0.000000347. The molecular weight excluding hydrogens is 246 g/mol. The number of hydrogen-bond acceptors (Lipinski definition) is 3. The zero-order chi connectivity index (χ0) is 14.8. The van der Waals surface area contributed by atoms with Crippen LogP contribution in [-0.4, -0.2) is 13.1 Å². The van der Waals surface area contributed by atoms with Gasteiger partial charge in [-0.15, -0.1) is 0 Å². The standard InChI is InChI=1S/C13H14N2.C4H11N/c14-13(15,11-7-3-1-4-8-11)12-9-5-2-6-10-12;1-3-5-4-2/h1-10H,14-15H2;5H,3-4H2,1-2H3. The largest absolute Gasteiger partial charge is 0.317 e. The Morgan fingerprint density at radius 2 is 1.10 bits per heavy atom. The van der Waals surface area contributed by atoms with Gasteiger partial charge in [-0.2, -0.15) is 0 Å². The molecule has 0 aliphatic carbocycles. The van der Waals surface area contributed by atoms with Gasteiger partial charge in [0.1, 0.15) is 5.66 Å². The van der Waals surface area contributed by atoms with Gasteiger partial charge in [0, 0.05) is 0 Å². The fraction of sp³-hybridized carbons (Fsp3) is 0.294. The second-order valence-electron chi connectivity index (χ2n) is 4.56. The molecule has 0 saturated carbocycles. The van der Waals surface area contributed by atoms with Crippen LogP contribution in [0.25, 0.3) is 0 Å². The highest BCUT2D eigenvalue weighted by atomic mass is 15.0. The highest BCUT2D eigenvalue weighted by Gasteiger charge is 2.23. The lowest BCUT2D eigenvalue weighted by molar-refractivity contribution is 0.567. The summed E-state index contributed by atoms with van der Waals surface area (Å²) in [6.45, 7) is 6.39. The molecule has 0 saturated heterocycles. The number of nitrogens with one attached hydrogen (secondary N) is 1. The van der Waals surface area contributed by atoms with Crippen LogP contribution in [0.5, 0.6) is 0 Å². The van der Waals surface area contributed by atoms with E-state index in [9.17, 15) is 0 Å². The molecule has 5 N–H and O–H groups in total. The Hall–Kier alpha value is -1.68. The lowest BCUT2D eigenvalue weighted by Crippen LogP contribution is -2.46. The van der Waals surface area contributed by atoms with Crippen molar-refractivity contribution in [2.75, 3.05) is 13.1 Å². The minimum Gasteiger partial charge on any atom is -0.317 e. The van der Waals surface area contributed by atoms with Gasteiger partial charge in [-0.05, 0) is 24.2 Å². The van der Waals surface area contributed by atoms with Gasteiger partial charge in [0.25, 0.3) is 0 Å². The molecule has 0 aliphatic rings. The van der Waals surface area contributed by atoms with E-state index in [-0.39, 0.29) is 0 Å². The SMILES string of the molecule is CCNCC.NC(N)(c1ccccc1)c1ccccc1. The maximum absolute atomic E-state index is 6.14. The lowest BCUT2D eigenvalue weighted by atomic mass is 9.93. The summed E-state index contributed by atoms with van der Waals surface area (Å²) in [5, 5.41) is 3.11. The molecular formula is C17H25N3. The molecule has 0 spiro atoms. The van der Waals surface area contributed by atoms with Gasteiger partial charge in [0.05, 0.1) is 0 Å². The average Bonchev–Trinajstić information content (AvgIpc) is 2.50. The molecule has 3 heteroatoms. The third-order valence-electron chi connectivity index (χ3n) is 3.00. The monoisotopic (exact) mass is 271 g/mol. The molecule has 20 heavy (non-hydrogen) atoms. The molecule has 2 rings (SSSR count). The van der Waals surface area contributed by atoms with Gasteiger partial charge >= 0.3 is 0 Å². The van der Waals surface area contributed by atoms with Crippen LogP contribution < -0.4 is 16.8 Å². The molecule has 0 unspecified atom stereocenters. The third kappa shape index (κ3) is 4.78. The number of rotatable bonds is 4. The Kier molecular flexibility index (Phi) is 6.94. The Morgan fingerprint density at radius 1 is 0.750 bits per heavy atom. The summed E-state index contributed by atoms with van der Waals surface area (Å²) in [6, 6.07) is 19.4. The predicted octanol–water partition coefficient (Wildman–Crippen LogP) is 2.42. The van der Waals surface area contributed by atoms with E-state index in [2.05, 4.69) is 19.2 Å². The van der Waals surface area contributed by atoms with Crippen molar-refractivity contribution in [2.45, 2.75) is 19.5 Å². The Bertz CT molecular complexity index is 423. The maximum Gasteiger partial charge on any atom is 0.116 e. The van der Waals surface area contributed by atoms with Crippen molar-refractivity contribution < 1.29 is 0 Å². The summed E-state index contributed by atoms with van der Waals surface area (Å²) in [5.41, 5.74) is 13.2. The fourth-order valence-electron chi connectivity index (χ4n) is 1.84. The minimum atomic E-state index is -0.914. The Morgan fingerprint density at radius 3 is 1.35 bits per heavy atom. The van der Waals surface area contributed by atoms with E-state index in [0.29, 0.717) is 0 Å². The molecule has 0 aromatic heterocycles. The van der Waals surface area contributed by atoms with Gasteiger partial charge in [-0.1, -0.05) is 74.5 Å². The van der Waals surface area contributed by atoms with Crippen molar-refractivity contribution in [1.29, 1.82) is 0 Å². The fourth-order valence-corrected chi connectivity index (χ4v) is 1.84. The van der Waals surface area contributed by atoms with Crippen LogP contribution in [0.1, 0.15) is 25.0 Å². The molecule has 2 aromatic rings. The molecule has 0 heterocycles. The molecule has 3 nitrogen and oxygen atoms in total. The van der Waals surface area contributed by atoms with Crippen LogP contribution in [-0.2, 0) is 5.66 Å². The highest BCUT2D eigenvalue weighted by Crippen LogP contribution is 2.20. The van der Waals surface area contributed by atoms with E-state index in [0.717, 1.165) is 24.2 Å². The lowest BCUT2D eigenvalue weighted by Gasteiger charge is -2.25. The van der Waals surface area contributed by atoms with Crippen molar-refractivity contribution in [2.24, 2.45) is 11.5 Å². The first-order chi connectivity index (χ1) is 9.62. The molecule has 108 valence electrons. The minimum absolute atomic E-state index is 0.913. The second kappa shape index (κ2) is 8.48. The normalized spacial score (nSPS) is 10.6. The van der Waals surface area contributed by atoms with Crippen molar-refractivity contribution in [3.63, 3.8) is 0 Å². The van der Waals surface area contributed by atoms with E-state index >= 15 is 0 Å². The van der Waals surface area contributed by atoms with Crippen LogP contribution in [0.3, 0.4) is 0 Å². The van der Waals surface area contributed by atoms with Crippen LogP contribution in [0.15, 0.2) is 60.7 Å². The molecule has 0 aliphatic heterocycles. The van der Waals surface area contributed by atoms with Crippen LogP contribution in [0.4, 0.5) is 0 Å². The highest BCUT2D eigenvalue weighted by molar-refractivity contribution is 5.35. The second-order valence-corrected chi connectivity index (χ2v) is 4.56. The number of benzene rings is 2. The maximum atomic E-state index is 6.14. The molecule has 0 atom stereocenters. The average molecular weight is 271 g/mol. The van der Waals surface area contributed by atoms with Gasteiger partial charge < -0.3 is 16.8 Å². The zero-order valence-electron chi connectivity index (χ0n) is 12.3. The van der Waals surface area contributed by atoms with E-state index in [4.69, 9.17) is 11.5 Å². The zero-order valence-corrected chi connectivity index (χ0v) is 12.3. The summed E-state index contributed by atoms with van der Waals surface area (Å²) in [4.78, 5) is 0. The first-order valence-electron chi connectivity index (χ1n) is 7.02. The molecule has 0 radical (unpaired) electrons. The molecule has 0 amide bonds. The first kappa shape index (κ1) is 16.4. The Labute approximate surface area is 122 Å². The van der Waals surface area contributed by atoms with Crippen LogP contribution >= 0.6 is 0 Å². The van der Waals surface area contributed by atoms with E-state index < -0.39 is 5.66 Å². The number of nitrogens with two attached hydrogens (primary N) is 2. The summed E-state index contributed by atoms with van der Waals surface area (Å²) >= 11 is 0. The smallest absolute Gasteiger partial charge is 0.116 e. The number of hydrogen-bond donors (Lipinski definition) is 3. The molecule has 0 bridgehead atoms. The van der Waals surface area contributed by atoms with Gasteiger partial charge in [0.15, 0.2) is 0 Å². The van der Waals surface area contributed by atoms with E-state index in [1.54, 1.807) is 0 Å². The van der Waals surface area contributed by atoms with Gasteiger partial charge in [0.2, 0.25) is 0 Å². The summed E-state index contributed by atoms with van der Waals surface area (Å²) in [6.07, 6.45) is 0. The third-order valence-corrected chi connectivity index (χ3v) is 3.00. The molecule has 2 aromatic carbocycles. The quantitative estimate of drug-likeness (QED) is 0.748. The van der Waals surface area contributed by atoms with Gasteiger partial charge in [-0.3, -0.25) is 0 Å². The van der Waals surface area contributed by atoms with Crippen molar-refractivity contribution in [3.8, 4) is 0 Å². The predicted molar refractivity (Wildman–Crippen MR) is 86.3 cm³/mol. The topological polar surface area (TPSA) is 64.1 Å². The van der Waals surface area contributed by atoms with Crippen molar-refractivity contribution in [3.05, 3.63) is 71.8 Å². The van der Waals surface area contributed by atoms with Crippen LogP contribution in [0, 0.1) is 0 Å². The summed E-state index contributed by atoms with van der Waals surface area (Å²) in [5.74, 6) is 0. The summed E-state index contributed by atoms with van der Waals surface area (Å²) in [7, 11) is 0. The molecule has 0 fully saturated rings. The van der Waals surface area contributed by atoms with Gasteiger partial charge in [-0.25, -0.2) is 0 Å². The van der Waals surface area contributed by atoms with Crippen molar-refractivity contribution in [1.82, 2.24) is 5.32 Å². The van der Waals surface area contributed by atoms with E-state index in [1.807, 2.05) is 60.7 Å². The van der Waals surface area contributed by atoms with E-state index in [1.165, 1.54) is 0 Å². The summed E-state index contributed by atoms with van der Waals surface area (Å²) < 4.78 is 0.